The van der Waals surface area contributed by atoms with Crippen LogP contribution in [-0.4, -0.2) is 48.4 Å². The van der Waals surface area contributed by atoms with Gasteiger partial charge in [0.05, 0.1) is 13.0 Å². The average molecular weight is 473 g/mol. The number of hydrogen-bond acceptors (Lipinski definition) is 5. The summed E-state index contributed by atoms with van der Waals surface area (Å²) < 4.78 is 11.1. The van der Waals surface area contributed by atoms with Crippen LogP contribution in [0.5, 0.6) is 5.75 Å². The Kier molecular flexibility index (Phi) is 8.12. The number of hydrogen-bond donors (Lipinski definition) is 1. The van der Waals surface area contributed by atoms with Crippen molar-refractivity contribution >= 4 is 17.8 Å². The smallest absolute Gasteiger partial charge is 0.308 e. The zero-order chi connectivity index (χ0) is 24.5. The van der Waals surface area contributed by atoms with Crippen molar-refractivity contribution in [3.05, 3.63) is 102 Å². The predicted octanol–water partition coefficient (Wildman–Crippen LogP) is 3.38. The molecule has 35 heavy (non-hydrogen) atoms. The van der Waals surface area contributed by atoms with Crippen LogP contribution in [0.4, 0.5) is 0 Å². The normalized spacial score (nSPS) is 15.3. The van der Waals surface area contributed by atoms with E-state index in [1.54, 1.807) is 24.3 Å². The first-order valence-corrected chi connectivity index (χ1v) is 11.6. The second-order valence-electron chi connectivity index (χ2n) is 8.26. The van der Waals surface area contributed by atoms with Gasteiger partial charge in [-0.05, 0) is 35.4 Å². The lowest BCUT2D eigenvalue weighted by Crippen LogP contribution is -2.57. The average Bonchev–Trinajstić information content (AvgIpc) is 2.90. The largest absolute Gasteiger partial charge is 0.489 e. The zero-order valence-corrected chi connectivity index (χ0v) is 19.4. The molecule has 1 saturated heterocycles. The van der Waals surface area contributed by atoms with E-state index in [0.29, 0.717) is 37.4 Å². The first-order valence-electron chi connectivity index (χ1n) is 11.6. The summed E-state index contributed by atoms with van der Waals surface area (Å²) in [5, 5.41) is 2.74. The first-order chi connectivity index (χ1) is 17.1. The van der Waals surface area contributed by atoms with Crippen molar-refractivity contribution < 1.29 is 23.9 Å². The minimum atomic E-state index is -0.908. The molecule has 2 amide bonds. The topological polar surface area (TPSA) is 84.9 Å². The number of nitrogens with one attached hydrogen (secondary N) is 1. The number of nitrogens with zero attached hydrogens (tertiary/aromatic N) is 1. The number of esters is 1. The minimum absolute atomic E-state index is 0.190. The summed E-state index contributed by atoms with van der Waals surface area (Å²) in [5.74, 6) is -0.533. The van der Waals surface area contributed by atoms with Crippen LogP contribution in [0.25, 0.3) is 0 Å². The van der Waals surface area contributed by atoms with E-state index in [9.17, 15) is 14.4 Å². The van der Waals surface area contributed by atoms with Crippen LogP contribution in [0.2, 0.25) is 0 Å². The quantitative estimate of drug-likeness (QED) is 0.483. The number of carbonyl (C=O) groups is 3. The highest BCUT2D eigenvalue weighted by Crippen LogP contribution is 2.19. The maximum Gasteiger partial charge on any atom is 0.308 e. The van der Waals surface area contributed by atoms with Gasteiger partial charge in [0.15, 0.2) is 0 Å². The summed E-state index contributed by atoms with van der Waals surface area (Å²) in [4.78, 5) is 39.6. The second-order valence-corrected chi connectivity index (χ2v) is 8.26. The van der Waals surface area contributed by atoms with Crippen LogP contribution >= 0.6 is 0 Å². The van der Waals surface area contributed by atoms with Crippen molar-refractivity contribution in [1.29, 1.82) is 0 Å². The predicted molar refractivity (Wildman–Crippen MR) is 131 cm³/mol. The van der Waals surface area contributed by atoms with Gasteiger partial charge in [-0.25, -0.2) is 0 Å². The van der Waals surface area contributed by atoms with Crippen LogP contribution in [0.3, 0.4) is 0 Å². The molecule has 1 unspecified atom stereocenters. The Morgan fingerprint density at radius 3 is 2.23 bits per heavy atom. The molecule has 0 aromatic heterocycles. The van der Waals surface area contributed by atoms with Crippen LogP contribution in [0.1, 0.15) is 27.9 Å². The van der Waals surface area contributed by atoms with E-state index in [2.05, 4.69) is 5.32 Å². The fraction of sp³-hybridized carbons (Fsp3) is 0.250. The fourth-order valence-corrected chi connectivity index (χ4v) is 3.91. The number of carbonyl (C=O) groups excluding carboxylic acids is 3. The Morgan fingerprint density at radius 2 is 1.54 bits per heavy atom. The Morgan fingerprint density at radius 1 is 0.886 bits per heavy atom. The number of piperazine rings is 1. The number of benzene rings is 3. The van der Waals surface area contributed by atoms with E-state index in [1.807, 2.05) is 60.7 Å². The first kappa shape index (κ1) is 24.0. The van der Waals surface area contributed by atoms with Gasteiger partial charge in [-0.3, -0.25) is 14.4 Å². The number of rotatable bonds is 9. The maximum absolute atomic E-state index is 13.2. The summed E-state index contributed by atoms with van der Waals surface area (Å²) in [5.41, 5.74) is 2.53. The van der Waals surface area contributed by atoms with Crippen LogP contribution in [0.15, 0.2) is 84.9 Å². The minimum Gasteiger partial charge on any atom is -0.489 e. The zero-order valence-electron chi connectivity index (χ0n) is 19.4. The van der Waals surface area contributed by atoms with Gasteiger partial charge in [0.1, 0.15) is 18.4 Å². The molecule has 3 aromatic carbocycles. The standard InChI is InChI=1S/C28H28N2O5/c31-26(34-18-15-21-7-3-1-4-8-21)19-25-27(32)29-16-17-30(25)28(33)23-11-13-24(14-12-23)35-20-22-9-5-2-6-10-22/h1-14,25H,15-20H2,(H,29,32). The molecule has 0 radical (unpaired) electrons. The van der Waals surface area contributed by atoms with Crippen molar-refractivity contribution in [3.8, 4) is 5.75 Å². The highest BCUT2D eigenvalue weighted by Gasteiger charge is 2.35. The van der Waals surface area contributed by atoms with Crippen molar-refractivity contribution in [3.63, 3.8) is 0 Å². The van der Waals surface area contributed by atoms with Gasteiger partial charge in [-0.1, -0.05) is 60.7 Å². The highest BCUT2D eigenvalue weighted by molar-refractivity contribution is 5.99. The van der Waals surface area contributed by atoms with Crippen molar-refractivity contribution in [1.82, 2.24) is 10.2 Å². The molecule has 1 aliphatic rings. The van der Waals surface area contributed by atoms with Crippen molar-refractivity contribution in [2.45, 2.75) is 25.5 Å². The SMILES string of the molecule is O=C(CC1C(=O)NCCN1C(=O)c1ccc(OCc2ccccc2)cc1)OCCc1ccccc1. The monoisotopic (exact) mass is 472 g/mol. The Hall–Kier alpha value is -4.13. The van der Waals surface area contributed by atoms with Crippen molar-refractivity contribution in [2.24, 2.45) is 0 Å². The molecule has 1 aliphatic heterocycles. The van der Waals surface area contributed by atoms with E-state index in [0.717, 1.165) is 11.1 Å². The van der Waals surface area contributed by atoms with Gasteiger partial charge < -0.3 is 19.7 Å². The van der Waals surface area contributed by atoms with Gasteiger partial charge in [0, 0.05) is 25.1 Å². The Labute approximate surface area is 204 Å². The molecule has 0 saturated carbocycles. The molecule has 1 heterocycles. The third-order valence-electron chi connectivity index (χ3n) is 5.80. The van der Waals surface area contributed by atoms with Gasteiger partial charge >= 0.3 is 5.97 Å². The summed E-state index contributed by atoms with van der Waals surface area (Å²) in [6.07, 6.45) is 0.398. The van der Waals surface area contributed by atoms with E-state index in [-0.39, 0.29) is 24.8 Å². The van der Waals surface area contributed by atoms with E-state index < -0.39 is 12.0 Å². The lowest BCUT2D eigenvalue weighted by molar-refractivity contribution is -0.147. The number of ether oxygens (including phenoxy) is 2. The molecular weight excluding hydrogens is 444 g/mol. The third kappa shape index (κ3) is 6.69. The molecule has 1 atom stereocenters. The molecule has 7 heteroatoms. The number of amides is 2. The summed E-state index contributed by atoms with van der Waals surface area (Å²) in [6, 6.07) is 25.4. The summed E-state index contributed by atoms with van der Waals surface area (Å²) in [7, 11) is 0. The van der Waals surface area contributed by atoms with Gasteiger partial charge in [-0.15, -0.1) is 0 Å². The molecule has 0 spiro atoms. The van der Waals surface area contributed by atoms with Crippen LogP contribution in [-0.2, 0) is 27.4 Å². The molecule has 7 nitrogen and oxygen atoms in total. The Balaban J connectivity index is 1.33. The van der Waals surface area contributed by atoms with Crippen LogP contribution < -0.4 is 10.1 Å². The second kappa shape index (κ2) is 11.8. The van der Waals surface area contributed by atoms with Crippen LogP contribution in [0, 0.1) is 0 Å². The van der Waals surface area contributed by atoms with Gasteiger partial charge in [0.25, 0.3) is 5.91 Å². The Bertz CT molecular complexity index is 1130. The molecule has 3 aromatic rings. The van der Waals surface area contributed by atoms with E-state index in [1.165, 1.54) is 4.90 Å². The third-order valence-corrected chi connectivity index (χ3v) is 5.80. The van der Waals surface area contributed by atoms with Gasteiger partial charge in [0.2, 0.25) is 5.91 Å². The molecule has 1 fully saturated rings. The molecular formula is C28H28N2O5. The lowest BCUT2D eigenvalue weighted by atomic mass is 10.1. The van der Waals surface area contributed by atoms with Crippen molar-refractivity contribution in [2.75, 3.05) is 19.7 Å². The van der Waals surface area contributed by atoms with E-state index in [4.69, 9.17) is 9.47 Å². The summed E-state index contributed by atoms with van der Waals surface area (Å²) >= 11 is 0. The molecule has 0 bridgehead atoms. The molecule has 4 rings (SSSR count). The lowest BCUT2D eigenvalue weighted by Gasteiger charge is -2.34. The molecule has 1 N–H and O–H groups in total. The molecule has 0 aliphatic carbocycles. The molecule has 180 valence electrons. The van der Waals surface area contributed by atoms with Gasteiger partial charge in [-0.2, -0.15) is 0 Å². The summed E-state index contributed by atoms with van der Waals surface area (Å²) in [6.45, 7) is 1.30. The fourth-order valence-electron chi connectivity index (χ4n) is 3.91. The maximum atomic E-state index is 13.2. The highest BCUT2D eigenvalue weighted by atomic mass is 16.5. The van der Waals surface area contributed by atoms with E-state index >= 15 is 0 Å².